The highest BCUT2D eigenvalue weighted by Crippen LogP contribution is 2.16. The first kappa shape index (κ1) is 12.6. The highest BCUT2D eigenvalue weighted by molar-refractivity contribution is 5.79. The summed E-state index contributed by atoms with van der Waals surface area (Å²) < 4.78 is 13.7. The molecule has 0 radical (unpaired) electrons. The lowest BCUT2D eigenvalue weighted by atomic mass is 10.0. The highest BCUT2D eigenvalue weighted by atomic mass is 19.1. The number of fused-ring (bicyclic) bond motifs is 1. The molecule has 0 unspecified atom stereocenters. The van der Waals surface area contributed by atoms with E-state index in [1.807, 2.05) is 18.2 Å². The van der Waals surface area contributed by atoms with Gasteiger partial charge in [0.05, 0.1) is 0 Å². The quantitative estimate of drug-likeness (QED) is 0.756. The molecule has 1 N–H and O–H groups in total. The lowest BCUT2D eigenvalue weighted by molar-refractivity contribution is 0.613. The van der Waals surface area contributed by atoms with Crippen LogP contribution in [0, 0.1) is 12.7 Å². The summed E-state index contributed by atoms with van der Waals surface area (Å²) in [6.07, 6.45) is 0.387. The summed E-state index contributed by atoms with van der Waals surface area (Å²) in [6.45, 7) is 1.78. The monoisotopic (exact) mass is 267 g/mol. The smallest absolute Gasteiger partial charge is 0.192 e. The van der Waals surface area contributed by atoms with Crippen LogP contribution in [0.5, 0.6) is 0 Å². The third kappa shape index (κ3) is 2.11. The van der Waals surface area contributed by atoms with E-state index in [4.69, 9.17) is 0 Å². The summed E-state index contributed by atoms with van der Waals surface area (Å²) >= 11 is 0. The molecule has 0 fully saturated rings. The Morgan fingerprint density at radius 3 is 2.55 bits per heavy atom. The van der Waals surface area contributed by atoms with E-state index in [2.05, 4.69) is 4.98 Å². The summed E-state index contributed by atoms with van der Waals surface area (Å²) in [6, 6.07) is 14.0. The summed E-state index contributed by atoms with van der Waals surface area (Å²) in [7, 11) is 0. The maximum absolute atomic E-state index is 13.7. The number of para-hydroxylation sites is 1. The molecule has 3 rings (SSSR count). The van der Waals surface area contributed by atoms with Crippen LogP contribution in [0.25, 0.3) is 10.9 Å². The molecular formula is C17H14FNO. The molecule has 0 spiro atoms. The van der Waals surface area contributed by atoms with Crippen LogP contribution in [0.15, 0.2) is 53.3 Å². The molecule has 100 valence electrons. The van der Waals surface area contributed by atoms with Crippen molar-refractivity contribution in [1.29, 1.82) is 0 Å². The van der Waals surface area contributed by atoms with Crippen molar-refractivity contribution in [3.8, 4) is 0 Å². The first-order chi connectivity index (χ1) is 9.66. The molecule has 0 aliphatic rings. The molecule has 0 atom stereocenters. The molecule has 2 aromatic carbocycles. The molecule has 3 heteroatoms. The Bertz CT molecular complexity index is 836. The van der Waals surface area contributed by atoms with Crippen LogP contribution in [0.4, 0.5) is 4.39 Å². The Kier molecular flexibility index (Phi) is 3.11. The van der Waals surface area contributed by atoms with E-state index in [9.17, 15) is 9.18 Å². The molecule has 20 heavy (non-hydrogen) atoms. The van der Waals surface area contributed by atoms with E-state index in [1.165, 1.54) is 6.07 Å². The Balaban J connectivity index is 2.15. The predicted octanol–water partition coefficient (Wildman–Crippen LogP) is 3.57. The number of nitrogens with one attached hydrogen (secondary N) is 1. The van der Waals surface area contributed by atoms with Gasteiger partial charge in [0.15, 0.2) is 5.43 Å². The number of H-pyrrole nitrogens is 1. The maximum atomic E-state index is 13.7. The van der Waals surface area contributed by atoms with Crippen LogP contribution >= 0.6 is 0 Å². The van der Waals surface area contributed by atoms with Crippen molar-refractivity contribution < 1.29 is 4.39 Å². The fourth-order valence-electron chi connectivity index (χ4n) is 2.39. The Labute approximate surface area is 115 Å². The van der Waals surface area contributed by atoms with Gasteiger partial charge in [-0.25, -0.2) is 4.39 Å². The third-order valence-corrected chi connectivity index (χ3v) is 3.58. The average Bonchev–Trinajstić information content (AvgIpc) is 2.47. The van der Waals surface area contributed by atoms with Crippen molar-refractivity contribution in [2.45, 2.75) is 13.3 Å². The van der Waals surface area contributed by atoms with Crippen LogP contribution in [0.1, 0.15) is 16.8 Å². The molecule has 0 amide bonds. The molecular weight excluding hydrogens is 253 g/mol. The third-order valence-electron chi connectivity index (χ3n) is 3.58. The van der Waals surface area contributed by atoms with Gasteiger partial charge in [-0.05, 0) is 30.7 Å². The fraction of sp³-hybridized carbons (Fsp3) is 0.118. The van der Waals surface area contributed by atoms with Gasteiger partial charge < -0.3 is 4.98 Å². The Hall–Kier alpha value is -2.42. The molecule has 0 bridgehead atoms. The Morgan fingerprint density at radius 1 is 1.05 bits per heavy atom. The number of hydrogen-bond acceptors (Lipinski definition) is 1. The number of benzene rings is 2. The molecule has 1 heterocycles. The van der Waals surface area contributed by atoms with Gasteiger partial charge in [-0.15, -0.1) is 0 Å². The molecule has 0 saturated carbocycles. The maximum Gasteiger partial charge on any atom is 0.192 e. The van der Waals surface area contributed by atoms with E-state index >= 15 is 0 Å². The minimum atomic E-state index is -0.249. The van der Waals surface area contributed by atoms with Gasteiger partial charge in [-0.3, -0.25) is 4.79 Å². The second-order valence-corrected chi connectivity index (χ2v) is 4.87. The normalized spacial score (nSPS) is 10.9. The van der Waals surface area contributed by atoms with Gasteiger partial charge in [0, 0.05) is 28.6 Å². The van der Waals surface area contributed by atoms with E-state index in [1.54, 1.807) is 31.2 Å². The van der Waals surface area contributed by atoms with Gasteiger partial charge in [0.1, 0.15) is 5.82 Å². The zero-order valence-corrected chi connectivity index (χ0v) is 11.1. The van der Waals surface area contributed by atoms with Crippen LogP contribution in [0.3, 0.4) is 0 Å². The predicted molar refractivity (Wildman–Crippen MR) is 78.5 cm³/mol. The molecule has 0 aliphatic heterocycles. The largest absolute Gasteiger partial charge is 0.358 e. The summed E-state index contributed by atoms with van der Waals surface area (Å²) in [5.41, 5.74) is 2.78. The van der Waals surface area contributed by atoms with Crippen molar-refractivity contribution in [1.82, 2.24) is 4.98 Å². The number of aromatic amines is 1. The molecule has 3 aromatic rings. The number of halogens is 1. The van der Waals surface area contributed by atoms with E-state index in [0.29, 0.717) is 22.9 Å². The minimum absolute atomic E-state index is 0.00527. The molecule has 1 aromatic heterocycles. The number of rotatable bonds is 2. The van der Waals surface area contributed by atoms with Crippen molar-refractivity contribution in [3.63, 3.8) is 0 Å². The number of aromatic nitrogens is 1. The summed E-state index contributed by atoms with van der Waals surface area (Å²) in [4.78, 5) is 15.6. The van der Waals surface area contributed by atoms with E-state index in [0.717, 1.165) is 11.2 Å². The number of hydrogen-bond donors (Lipinski definition) is 1. The lowest BCUT2D eigenvalue weighted by Gasteiger charge is -2.09. The van der Waals surface area contributed by atoms with Crippen LogP contribution in [0.2, 0.25) is 0 Å². The van der Waals surface area contributed by atoms with Crippen LogP contribution in [-0.2, 0) is 6.42 Å². The Morgan fingerprint density at radius 2 is 1.75 bits per heavy atom. The van der Waals surface area contributed by atoms with Crippen LogP contribution < -0.4 is 5.43 Å². The molecule has 2 nitrogen and oxygen atoms in total. The SMILES string of the molecule is Cc1c(Cc2ccccc2F)[nH]c2ccccc2c1=O. The molecule has 0 aliphatic carbocycles. The first-order valence-electron chi connectivity index (χ1n) is 6.50. The second-order valence-electron chi connectivity index (χ2n) is 4.87. The van der Waals surface area contributed by atoms with E-state index < -0.39 is 0 Å². The van der Waals surface area contributed by atoms with Crippen LogP contribution in [-0.4, -0.2) is 4.98 Å². The van der Waals surface area contributed by atoms with Crippen molar-refractivity contribution in [2.75, 3.05) is 0 Å². The topological polar surface area (TPSA) is 32.9 Å². The highest BCUT2D eigenvalue weighted by Gasteiger charge is 2.10. The second kappa shape index (κ2) is 4.93. The van der Waals surface area contributed by atoms with Gasteiger partial charge >= 0.3 is 0 Å². The summed E-state index contributed by atoms with van der Waals surface area (Å²) in [5.74, 6) is -0.249. The first-order valence-corrected chi connectivity index (χ1v) is 6.50. The van der Waals surface area contributed by atoms with Gasteiger partial charge in [0.2, 0.25) is 0 Å². The zero-order valence-electron chi connectivity index (χ0n) is 11.1. The molecule has 0 saturated heterocycles. The lowest BCUT2D eigenvalue weighted by Crippen LogP contribution is -2.12. The fourth-order valence-corrected chi connectivity index (χ4v) is 2.39. The van der Waals surface area contributed by atoms with Gasteiger partial charge in [-0.2, -0.15) is 0 Å². The van der Waals surface area contributed by atoms with Gasteiger partial charge in [-0.1, -0.05) is 30.3 Å². The minimum Gasteiger partial charge on any atom is -0.358 e. The number of pyridine rings is 1. The summed E-state index contributed by atoms with van der Waals surface area (Å²) in [5, 5.41) is 0.669. The van der Waals surface area contributed by atoms with Crippen molar-refractivity contribution >= 4 is 10.9 Å². The average molecular weight is 267 g/mol. The zero-order chi connectivity index (χ0) is 14.1. The van der Waals surface area contributed by atoms with Gasteiger partial charge in [0.25, 0.3) is 0 Å². The van der Waals surface area contributed by atoms with E-state index in [-0.39, 0.29) is 11.2 Å². The van der Waals surface area contributed by atoms with Crippen molar-refractivity contribution in [2.24, 2.45) is 0 Å². The van der Waals surface area contributed by atoms with Crippen molar-refractivity contribution in [3.05, 3.63) is 81.4 Å². The standard InChI is InChI=1S/C17H14FNO/c1-11-16(10-12-6-2-4-8-14(12)18)19-15-9-5-3-7-13(15)17(11)20/h2-9H,10H2,1H3,(H,19,20).